The van der Waals surface area contributed by atoms with Gasteiger partial charge >= 0.3 is 0 Å². The van der Waals surface area contributed by atoms with Crippen LogP contribution in [0.25, 0.3) is 11.6 Å². The van der Waals surface area contributed by atoms with Gasteiger partial charge in [0.05, 0.1) is 0 Å². The van der Waals surface area contributed by atoms with Gasteiger partial charge in [0.2, 0.25) is 5.91 Å². The minimum atomic E-state index is 0.0483. The number of pyridine rings is 1. The number of hydrogen-bond donors (Lipinski definition) is 0. The lowest BCUT2D eigenvalue weighted by atomic mass is 9.99. The SMILES string of the molecule is O=C(/C=C/c1cccnc1)N1CC=C(c2ccccc2)CC1. The molecule has 110 valence electrons. The van der Waals surface area contributed by atoms with E-state index < -0.39 is 0 Å². The molecule has 0 unspecified atom stereocenters. The molecule has 0 N–H and O–H groups in total. The van der Waals surface area contributed by atoms with Crippen molar-refractivity contribution in [1.29, 1.82) is 0 Å². The highest BCUT2D eigenvalue weighted by Gasteiger charge is 2.15. The number of aromatic nitrogens is 1. The summed E-state index contributed by atoms with van der Waals surface area (Å²) in [7, 11) is 0. The van der Waals surface area contributed by atoms with Gasteiger partial charge in [0.25, 0.3) is 0 Å². The molecule has 3 rings (SSSR count). The second kappa shape index (κ2) is 6.85. The fourth-order valence-electron chi connectivity index (χ4n) is 2.53. The van der Waals surface area contributed by atoms with Gasteiger partial charge in [-0.3, -0.25) is 9.78 Å². The van der Waals surface area contributed by atoms with E-state index in [0.29, 0.717) is 6.54 Å². The lowest BCUT2D eigenvalue weighted by molar-refractivity contribution is -0.125. The van der Waals surface area contributed by atoms with Gasteiger partial charge in [0.15, 0.2) is 0 Å². The average Bonchev–Trinajstić information content (AvgIpc) is 2.61. The monoisotopic (exact) mass is 290 g/mol. The van der Waals surface area contributed by atoms with Crippen LogP contribution in [0.1, 0.15) is 17.5 Å². The highest BCUT2D eigenvalue weighted by atomic mass is 16.2. The van der Waals surface area contributed by atoms with E-state index in [1.54, 1.807) is 18.5 Å². The molecular formula is C19H18N2O. The minimum Gasteiger partial charge on any atom is -0.335 e. The summed E-state index contributed by atoms with van der Waals surface area (Å²) in [5.74, 6) is 0.0483. The van der Waals surface area contributed by atoms with E-state index in [0.717, 1.165) is 18.5 Å². The van der Waals surface area contributed by atoms with Crippen molar-refractivity contribution in [3.63, 3.8) is 0 Å². The molecule has 0 spiro atoms. The fraction of sp³-hybridized carbons (Fsp3) is 0.158. The lowest BCUT2D eigenvalue weighted by Crippen LogP contribution is -2.33. The Balaban J connectivity index is 1.62. The molecule has 1 aliphatic rings. The van der Waals surface area contributed by atoms with E-state index in [4.69, 9.17) is 0 Å². The van der Waals surface area contributed by atoms with E-state index >= 15 is 0 Å². The van der Waals surface area contributed by atoms with Crippen molar-refractivity contribution in [3.8, 4) is 0 Å². The van der Waals surface area contributed by atoms with Crippen molar-refractivity contribution in [2.45, 2.75) is 6.42 Å². The first kappa shape index (κ1) is 14.3. The average molecular weight is 290 g/mol. The van der Waals surface area contributed by atoms with Crippen molar-refractivity contribution in [2.24, 2.45) is 0 Å². The summed E-state index contributed by atoms with van der Waals surface area (Å²) in [6.07, 6.45) is 9.95. The molecule has 3 nitrogen and oxygen atoms in total. The molecule has 22 heavy (non-hydrogen) atoms. The molecule has 2 heterocycles. The molecule has 0 fully saturated rings. The summed E-state index contributed by atoms with van der Waals surface area (Å²) in [4.78, 5) is 18.1. The Morgan fingerprint density at radius 2 is 2.00 bits per heavy atom. The largest absolute Gasteiger partial charge is 0.335 e. The topological polar surface area (TPSA) is 33.2 Å². The van der Waals surface area contributed by atoms with Gasteiger partial charge in [-0.25, -0.2) is 0 Å². The Bertz CT molecular complexity index is 690. The third kappa shape index (κ3) is 3.50. The van der Waals surface area contributed by atoms with Crippen LogP contribution in [0.4, 0.5) is 0 Å². The number of nitrogens with zero attached hydrogens (tertiary/aromatic N) is 2. The van der Waals surface area contributed by atoms with Crippen LogP contribution < -0.4 is 0 Å². The van der Waals surface area contributed by atoms with Gasteiger partial charge in [0, 0.05) is 31.6 Å². The molecule has 0 atom stereocenters. The number of rotatable bonds is 3. The zero-order chi connectivity index (χ0) is 15.2. The van der Waals surface area contributed by atoms with E-state index in [1.807, 2.05) is 41.3 Å². The van der Waals surface area contributed by atoms with Gasteiger partial charge < -0.3 is 4.90 Å². The molecule has 1 amide bonds. The molecule has 0 saturated carbocycles. The van der Waals surface area contributed by atoms with Gasteiger partial charge in [-0.1, -0.05) is 42.5 Å². The number of carbonyl (C=O) groups excluding carboxylic acids is 1. The first-order chi connectivity index (χ1) is 10.8. The Hall–Kier alpha value is -2.68. The Morgan fingerprint density at radius 3 is 2.68 bits per heavy atom. The van der Waals surface area contributed by atoms with Crippen LogP contribution in [0.15, 0.2) is 67.0 Å². The summed E-state index contributed by atoms with van der Waals surface area (Å²) >= 11 is 0. The second-order valence-corrected chi connectivity index (χ2v) is 5.25. The third-order valence-electron chi connectivity index (χ3n) is 3.77. The van der Waals surface area contributed by atoms with E-state index in [-0.39, 0.29) is 5.91 Å². The molecule has 0 saturated heterocycles. The first-order valence-electron chi connectivity index (χ1n) is 7.44. The molecule has 0 aliphatic carbocycles. The Labute approximate surface area is 130 Å². The summed E-state index contributed by atoms with van der Waals surface area (Å²) in [6.45, 7) is 1.43. The molecule has 0 bridgehead atoms. The van der Waals surface area contributed by atoms with Gasteiger partial charge in [-0.05, 0) is 35.3 Å². The van der Waals surface area contributed by atoms with Crippen molar-refractivity contribution in [2.75, 3.05) is 13.1 Å². The zero-order valence-corrected chi connectivity index (χ0v) is 12.4. The lowest BCUT2D eigenvalue weighted by Gasteiger charge is -2.25. The molecule has 2 aromatic rings. The van der Waals surface area contributed by atoms with Crippen molar-refractivity contribution >= 4 is 17.6 Å². The van der Waals surface area contributed by atoms with Crippen molar-refractivity contribution in [1.82, 2.24) is 9.88 Å². The van der Waals surface area contributed by atoms with Gasteiger partial charge in [0.1, 0.15) is 0 Å². The van der Waals surface area contributed by atoms with Crippen LogP contribution in [0.5, 0.6) is 0 Å². The standard InChI is InChI=1S/C19H18N2O/c22-19(9-8-16-5-4-12-20-15-16)21-13-10-18(11-14-21)17-6-2-1-3-7-17/h1-10,12,15H,11,13-14H2/b9-8+. The van der Waals surface area contributed by atoms with Crippen LogP contribution >= 0.6 is 0 Å². The molecule has 3 heteroatoms. The smallest absolute Gasteiger partial charge is 0.246 e. The highest BCUT2D eigenvalue weighted by molar-refractivity contribution is 5.92. The molecule has 1 aromatic carbocycles. The van der Waals surface area contributed by atoms with Crippen LogP contribution in [0.2, 0.25) is 0 Å². The number of benzene rings is 1. The van der Waals surface area contributed by atoms with Crippen molar-refractivity contribution in [3.05, 3.63) is 78.1 Å². The molecule has 1 aromatic heterocycles. The minimum absolute atomic E-state index is 0.0483. The van der Waals surface area contributed by atoms with Crippen LogP contribution in [-0.2, 0) is 4.79 Å². The van der Waals surface area contributed by atoms with Crippen LogP contribution in [-0.4, -0.2) is 28.9 Å². The van der Waals surface area contributed by atoms with Crippen molar-refractivity contribution < 1.29 is 4.79 Å². The maximum absolute atomic E-state index is 12.2. The summed E-state index contributed by atoms with van der Waals surface area (Å²) in [6, 6.07) is 14.1. The Kier molecular flexibility index (Phi) is 4.44. The quantitative estimate of drug-likeness (QED) is 0.812. The number of amides is 1. The normalized spacial score (nSPS) is 14.9. The number of carbonyl (C=O) groups is 1. The summed E-state index contributed by atoms with van der Waals surface area (Å²) in [5, 5.41) is 0. The zero-order valence-electron chi connectivity index (χ0n) is 12.4. The summed E-state index contributed by atoms with van der Waals surface area (Å²) in [5.41, 5.74) is 3.51. The predicted octanol–water partition coefficient (Wildman–Crippen LogP) is 3.41. The maximum atomic E-state index is 12.2. The van der Waals surface area contributed by atoms with E-state index in [9.17, 15) is 4.79 Å². The predicted molar refractivity (Wildman–Crippen MR) is 88.9 cm³/mol. The van der Waals surface area contributed by atoms with E-state index in [1.165, 1.54) is 11.1 Å². The van der Waals surface area contributed by atoms with E-state index in [2.05, 4.69) is 23.2 Å². The molecule has 1 aliphatic heterocycles. The van der Waals surface area contributed by atoms with Crippen LogP contribution in [0, 0.1) is 0 Å². The number of hydrogen-bond acceptors (Lipinski definition) is 2. The Morgan fingerprint density at radius 1 is 1.14 bits per heavy atom. The molecular weight excluding hydrogens is 272 g/mol. The second-order valence-electron chi connectivity index (χ2n) is 5.25. The highest BCUT2D eigenvalue weighted by Crippen LogP contribution is 2.22. The molecule has 0 radical (unpaired) electrons. The maximum Gasteiger partial charge on any atom is 0.246 e. The fourth-order valence-corrected chi connectivity index (χ4v) is 2.53. The van der Waals surface area contributed by atoms with Gasteiger partial charge in [-0.2, -0.15) is 0 Å². The first-order valence-corrected chi connectivity index (χ1v) is 7.44. The van der Waals surface area contributed by atoms with Gasteiger partial charge in [-0.15, -0.1) is 0 Å². The third-order valence-corrected chi connectivity index (χ3v) is 3.77. The van der Waals surface area contributed by atoms with Crippen LogP contribution in [0.3, 0.4) is 0 Å². The summed E-state index contributed by atoms with van der Waals surface area (Å²) < 4.78 is 0.